The highest BCUT2D eigenvalue weighted by molar-refractivity contribution is 5.79. The molecule has 2 aromatic rings. The number of nitrogens with zero attached hydrogens (tertiary/aromatic N) is 5. The number of hydrogen-bond acceptors (Lipinski definition) is 3. The van der Waals surface area contributed by atoms with Crippen molar-refractivity contribution in [2.45, 2.75) is 39.2 Å². The summed E-state index contributed by atoms with van der Waals surface area (Å²) in [6.07, 6.45) is 13.9. The van der Waals surface area contributed by atoms with E-state index >= 15 is 0 Å². The number of guanidine groups is 1. The fraction of sp³-hybridized carbons (Fsp3) is 0.450. The van der Waals surface area contributed by atoms with Crippen LogP contribution in [0.4, 0.5) is 0 Å². The van der Waals surface area contributed by atoms with Gasteiger partial charge in [-0.05, 0) is 37.8 Å². The average molecular weight is 355 g/mol. The van der Waals surface area contributed by atoms with Crippen LogP contribution < -0.4 is 5.32 Å². The fourth-order valence-corrected chi connectivity index (χ4v) is 2.61. The summed E-state index contributed by atoms with van der Waals surface area (Å²) in [5, 5.41) is 3.37. The van der Waals surface area contributed by atoms with Crippen LogP contribution in [0, 0.1) is 0 Å². The fourth-order valence-electron chi connectivity index (χ4n) is 2.61. The van der Waals surface area contributed by atoms with Gasteiger partial charge in [0, 0.05) is 38.7 Å². The van der Waals surface area contributed by atoms with Crippen LogP contribution in [0.3, 0.4) is 0 Å². The van der Waals surface area contributed by atoms with Gasteiger partial charge in [0.05, 0.1) is 6.54 Å². The lowest BCUT2D eigenvalue weighted by molar-refractivity contribution is 0.455. The Labute approximate surface area is 156 Å². The maximum absolute atomic E-state index is 4.75. The Hall–Kier alpha value is -2.63. The SMILES string of the molecule is C=CCCCCCN(C)C(=NCc1ccc(-n2ccnc2)nc1)NCC. The first-order chi connectivity index (χ1) is 12.7. The molecule has 0 atom stereocenters. The average Bonchev–Trinajstić information content (AvgIpc) is 3.20. The highest BCUT2D eigenvalue weighted by atomic mass is 15.3. The molecule has 0 aliphatic carbocycles. The van der Waals surface area contributed by atoms with E-state index in [2.05, 4.69) is 46.8 Å². The monoisotopic (exact) mass is 354 g/mol. The minimum Gasteiger partial charge on any atom is -0.357 e. The van der Waals surface area contributed by atoms with E-state index < -0.39 is 0 Å². The minimum atomic E-state index is 0.611. The van der Waals surface area contributed by atoms with Gasteiger partial charge in [-0.3, -0.25) is 4.57 Å². The number of unbranched alkanes of at least 4 members (excludes halogenated alkanes) is 3. The van der Waals surface area contributed by atoms with E-state index in [9.17, 15) is 0 Å². The third-order valence-corrected chi connectivity index (χ3v) is 4.09. The van der Waals surface area contributed by atoms with Crippen LogP contribution in [-0.2, 0) is 6.54 Å². The summed E-state index contributed by atoms with van der Waals surface area (Å²) < 4.78 is 1.89. The van der Waals surface area contributed by atoms with Crippen LogP contribution in [0.25, 0.3) is 5.82 Å². The van der Waals surface area contributed by atoms with Crippen LogP contribution in [-0.4, -0.2) is 45.5 Å². The van der Waals surface area contributed by atoms with Gasteiger partial charge in [0.1, 0.15) is 12.1 Å². The third-order valence-electron chi connectivity index (χ3n) is 4.09. The number of nitrogens with one attached hydrogen (secondary N) is 1. The van der Waals surface area contributed by atoms with Gasteiger partial charge in [0.25, 0.3) is 0 Å². The number of hydrogen-bond donors (Lipinski definition) is 1. The Morgan fingerprint density at radius 3 is 2.88 bits per heavy atom. The predicted octanol–water partition coefficient (Wildman–Crippen LogP) is 3.41. The first-order valence-electron chi connectivity index (χ1n) is 9.28. The maximum atomic E-state index is 4.75. The van der Waals surface area contributed by atoms with E-state index in [4.69, 9.17) is 4.99 Å². The zero-order valence-electron chi connectivity index (χ0n) is 15.9. The van der Waals surface area contributed by atoms with E-state index in [1.165, 1.54) is 12.8 Å². The number of allylic oxidation sites excluding steroid dienone is 1. The van der Waals surface area contributed by atoms with E-state index in [0.717, 1.165) is 43.3 Å². The van der Waals surface area contributed by atoms with Crippen LogP contribution in [0.2, 0.25) is 0 Å². The van der Waals surface area contributed by atoms with Gasteiger partial charge in [-0.15, -0.1) is 6.58 Å². The van der Waals surface area contributed by atoms with Crippen molar-refractivity contribution in [2.75, 3.05) is 20.1 Å². The van der Waals surface area contributed by atoms with Crippen molar-refractivity contribution in [1.82, 2.24) is 24.8 Å². The smallest absolute Gasteiger partial charge is 0.193 e. The zero-order valence-corrected chi connectivity index (χ0v) is 15.9. The number of imidazole rings is 1. The molecule has 0 radical (unpaired) electrons. The van der Waals surface area contributed by atoms with Crippen molar-refractivity contribution in [3.8, 4) is 5.82 Å². The van der Waals surface area contributed by atoms with Crippen molar-refractivity contribution in [2.24, 2.45) is 4.99 Å². The molecule has 6 heteroatoms. The standard InChI is InChI=1S/C20H30N6/c1-4-6-7-8-9-13-25(3)20(22-5-2)24-16-18-10-11-19(23-15-18)26-14-12-21-17-26/h4,10-12,14-15,17H,1,5-9,13,16H2,2-3H3,(H,22,24). The quantitative estimate of drug-likeness (QED) is 0.307. The number of pyridine rings is 1. The summed E-state index contributed by atoms with van der Waals surface area (Å²) in [6.45, 7) is 8.33. The minimum absolute atomic E-state index is 0.611. The molecule has 2 rings (SSSR count). The molecule has 140 valence electrons. The maximum Gasteiger partial charge on any atom is 0.193 e. The highest BCUT2D eigenvalue weighted by Crippen LogP contribution is 2.07. The molecule has 0 aromatic carbocycles. The molecule has 0 spiro atoms. The summed E-state index contributed by atoms with van der Waals surface area (Å²) in [5.74, 6) is 1.80. The van der Waals surface area contributed by atoms with Crippen LogP contribution >= 0.6 is 0 Å². The van der Waals surface area contributed by atoms with Gasteiger partial charge >= 0.3 is 0 Å². The van der Waals surface area contributed by atoms with Gasteiger partial charge in [-0.1, -0.05) is 18.6 Å². The van der Waals surface area contributed by atoms with Crippen molar-refractivity contribution >= 4 is 5.96 Å². The summed E-state index contributed by atoms with van der Waals surface area (Å²) >= 11 is 0. The zero-order chi connectivity index (χ0) is 18.6. The Morgan fingerprint density at radius 2 is 2.23 bits per heavy atom. The molecule has 6 nitrogen and oxygen atoms in total. The molecule has 0 bridgehead atoms. The first-order valence-corrected chi connectivity index (χ1v) is 9.28. The largest absolute Gasteiger partial charge is 0.357 e. The molecule has 0 amide bonds. The van der Waals surface area contributed by atoms with E-state index in [1.807, 2.05) is 29.1 Å². The van der Waals surface area contributed by atoms with Gasteiger partial charge < -0.3 is 10.2 Å². The molecular weight excluding hydrogens is 324 g/mol. The molecule has 26 heavy (non-hydrogen) atoms. The van der Waals surface area contributed by atoms with Gasteiger partial charge in [0.15, 0.2) is 5.96 Å². The second-order valence-electron chi connectivity index (χ2n) is 6.22. The number of aromatic nitrogens is 3. The summed E-state index contributed by atoms with van der Waals surface area (Å²) in [7, 11) is 2.09. The third kappa shape index (κ3) is 6.35. The Balaban J connectivity index is 1.89. The Kier molecular flexibility index (Phi) is 8.39. The molecule has 0 fully saturated rings. The van der Waals surface area contributed by atoms with Crippen LogP contribution in [0.1, 0.15) is 38.2 Å². The normalized spacial score (nSPS) is 11.4. The molecule has 0 aliphatic rings. The molecule has 0 saturated heterocycles. The van der Waals surface area contributed by atoms with Crippen molar-refractivity contribution in [1.29, 1.82) is 0 Å². The summed E-state index contributed by atoms with van der Waals surface area (Å²) in [5.41, 5.74) is 1.09. The molecule has 2 heterocycles. The summed E-state index contributed by atoms with van der Waals surface area (Å²) in [4.78, 5) is 15.5. The molecule has 0 unspecified atom stereocenters. The first kappa shape index (κ1) is 19.7. The van der Waals surface area contributed by atoms with Crippen molar-refractivity contribution in [3.63, 3.8) is 0 Å². The molecule has 1 N–H and O–H groups in total. The number of rotatable bonds is 10. The second kappa shape index (κ2) is 11.1. The summed E-state index contributed by atoms with van der Waals surface area (Å²) in [6, 6.07) is 4.05. The van der Waals surface area contributed by atoms with Crippen LogP contribution in [0.5, 0.6) is 0 Å². The van der Waals surface area contributed by atoms with E-state index in [0.29, 0.717) is 6.54 Å². The van der Waals surface area contributed by atoms with E-state index in [-0.39, 0.29) is 0 Å². The highest BCUT2D eigenvalue weighted by Gasteiger charge is 2.05. The lowest BCUT2D eigenvalue weighted by Gasteiger charge is -2.22. The van der Waals surface area contributed by atoms with Gasteiger partial charge in [0.2, 0.25) is 0 Å². The Bertz CT molecular complexity index is 660. The predicted molar refractivity (Wildman–Crippen MR) is 107 cm³/mol. The molecule has 0 saturated carbocycles. The second-order valence-corrected chi connectivity index (χ2v) is 6.22. The Morgan fingerprint density at radius 1 is 1.35 bits per heavy atom. The van der Waals surface area contributed by atoms with Crippen molar-refractivity contribution in [3.05, 3.63) is 55.3 Å². The van der Waals surface area contributed by atoms with Gasteiger partial charge in [-0.2, -0.15) is 0 Å². The number of aliphatic imine (C=N–C) groups is 1. The molecule has 0 aliphatic heterocycles. The lowest BCUT2D eigenvalue weighted by atomic mass is 10.2. The molecule has 2 aromatic heterocycles. The van der Waals surface area contributed by atoms with Crippen LogP contribution in [0.15, 0.2) is 54.7 Å². The van der Waals surface area contributed by atoms with E-state index in [1.54, 1.807) is 12.5 Å². The van der Waals surface area contributed by atoms with Gasteiger partial charge in [-0.25, -0.2) is 15.0 Å². The van der Waals surface area contributed by atoms with Crippen molar-refractivity contribution < 1.29 is 0 Å². The topological polar surface area (TPSA) is 58.3 Å². The molecular formula is C20H30N6. The lowest BCUT2D eigenvalue weighted by Crippen LogP contribution is -2.39.